The molecule has 0 spiro atoms. The van der Waals surface area contributed by atoms with E-state index < -0.39 is 11.9 Å². The van der Waals surface area contributed by atoms with Crippen LogP contribution in [0.2, 0.25) is 0 Å². The van der Waals surface area contributed by atoms with E-state index in [0.29, 0.717) is 22.5 Å². The third-order valence-corrected chi connectivity index (χ3v) is 3.75. The van der Waals surface area contributed by atoms with Gasteiger partial charge in [0, 0.05) is 11.4 Å². The summed E-state index contributed by atoms with van der Waals surface area (Å²) in [6.45, 7) is 0.964. The molecule has 0 radical (unpaired) electrons. The molecule has 0 saturated carbocycles. The van der Waals surface area contributed by atoms with Gasteiger partial charge in [-0.25, -0.2) is 9.59 Å². The van der Waals surface area contributed by atoms with Crippen molar-refractivity contribution in [2.75, 3.05) is 51.1 Å². The number of anilines is 2. The van der Waals surface area contributed by atoms with Crippen molar-refractivity contribution >= 4 is 23.3 Å². The van der Waals surface area contributed by atoms with Gasteiger partial charge in [-0.1, -0.05) is 24.0 Å². The fourth-order valence-electron chi connectivity index (χ4n) is 2.29. The maximum Gasteiger partial charge on any atom is 0.338 e. The first-order chi connectivity index (χ1) is 15.6. The predicted octanol–water partition coefficient (Wildman–Crippen LogP) is 1.90. The van der Waals surface area contributed by atoms with Crippen molar-refractivity contribution < 1.29 is 28.5 Å². The monoisotopic (exact) mass is 436 g/mol. The number of ether oxygens (including phenoxy) is 4. The molecule has 0 bridgehead atoms. The topological polar surface area (TPSA) is 123 Å². The first kappa shape index (κ1) is 24.3. The zero-order chi connectivity index (χ0) is 23.0. The lowest BCUT2D eigenvalue weighted by Crippen LogP contribution is -2.11. The van der Waals surface area contributed by atoms with Gasteiger partial charge in [-0.3, -0.25) is 0 Å². The first-order valence-corrected chi connectivity index (χ1v) is 9.73. The van der Waals surface area contributed by atoms with Gasteiger partial charge in [0.1, 0.15) is 26.4 Å². The molecule has 4 N–H and O–H groups in total. The highest BCUT2D eigenvalue weighted by Crippen LogP contribution is 2.08. The second-order valence-corrected chi connectivity index (χ2v) is 6.23. The molecule has 0 amide bonds. The van der Waals surface area contributed by atoms with Crippen LogP contribution in [0.1, 0.15) is 20.7 Å². The lowest BCUT2D eigenvalue weighted by Gasteiger charge is -2.05. The minimum atomic E-state index is -0.461. The summed E-state index contributed by atoms with van der Waals surface area (Å²) in [6, 6.07) is 13.1. The maximum atomic E-state index is 11.8. The summed E-state index contributed by atoms with van der Waals surface area (Å²) in [5, 5.41) is 0. The highest BCUT2D eigenvalue weighted by Gasteiger charge is 2.07. The van der Waals surface area contributed by atoms with Gasteiger partial charge in [0.2, 0.25) is 0 Å². The van der Waals surface area contributed by atoms with Gasteiger partial charge < -0.3 is 30.4 Å². The molecule has 0 aliphatic rings. The average molecular weight is 436 g/mol. The van der Waals surface area contributed by atoms with Crippen molar-refractivity contribution in [2.45, 2.75) is 0 Å². The van der Waals surface area contributed by atoms with E-state index in [1.165, 1.54) is 0 Å². The molecular formula is C24H24N2O6. The number of carbonyl (C=O) groups is 2. The van der Waals surface area contributed by atoms with Gasteiger partial charge in [0.05, 0.1) is 24.3 Å². The molecule has 0 fully saturated rings. The van der Waals surface area contributed by atoms with Gasteiger partial charge in [-0.2, -0.15) is 0 Å². The minimum Gasteiger partial charge on any atom is -0.460 e. The molecule has 0 atom stereocenters. The number of carbonyl (C=O) groups excluding carboxylic acids is 2. The smallest absolute Gasteiger partial charge is 0.338 e. The Bertz CT molecular complexity index is 946. The number of hydrogen-bond donors (Lipinski definition) is 2. The van der Waals surface area contributed by atoms with Crippen LogP contribution in [0, 0.1) is 23.7 Å². The van der Waals surface area contributed by atoms with Crippen LogP contribution in [0.15, 0.2) is 48.5 Å². The van der Waals surface area contributed by atoms with E-state index in [1.54, 1.807) is 48.5 Å². The molecule has 0 aliphatic carbocycles. The Labute approximate surface area is 186 Å². The van der Waals surface area contributed by atoms with E-state index in [4.69, 9.17) is 30.4 Å². The van der Waals surface area contributed by atoms with Gasteiger partial charge in [0.15, 0.2) is 0 Å². The SMILES string of the molecule is Nc1cccc(C(=O)OCCOCC#CC#CCOCCOC(=O)c2cccc(N)c2)c1. The van der Waals surface area contributed by atoms with Gasteiger partial charge in [-0.05, 0) is 48.2 Å². The fourth-order valence-corrected chi connectivity index (χ4v) is 2.29. The first-order valence-electron chi connectivity index (χ1n) is 9.73. The Kier molecular flexibility index (Phi) is 10.7. The van der Waals surface area contributed by atoms with Crippen molar-refractivity contribution in [1.82, 2.24) is 0 Å². The number of hydrogen-bond acceptors (Lipinski definition) is 8. The standard InChI is InChI=1S/C24H24N2O6/c25-21-9-5-7-19(17-21)23(27)31-15-13-29-11-3-1-2-4-12-30-14-16-32-24(28)20-8-6-10-22(26)18-20/h5-10,17-18H,11-16,25-26H2. The highest BCUT2D eigenvalue weighted by atomic mass is 16.6. The number of nitrogens with two attached hydrogens (primary N) is 2. The van der Waals surface area contributed by atoms with Crippen LogP contribution < -0.4 is 11.5 Å². The average Bonchev–Trinajstić information content (AvgIpc) is 2.79. The minimum absolute atomic E-state index is 0.108. The van der Waals surface area contributed by atoms with Gasteiger partial charge in [0.25, 0.3) is 0 Å². The summed E-state index contributed by atoms with van der Waals surface area (Å²) in [7, 11) is 0. The normalized spacial score (nSPS) is 9.62. The zero-order valence-corrected chi connectivity index (χ0v) is 17.5. The van der Waals surface area contributed by atoms with E-state index in [-0.39, 0.29) is 39.6 Å². The molecule has 32 heavy (non-hydrogen) atoms. The number of nitrogen functional groups attached to an aromatic ring is 2. The molecule has 2 aromatic carbocycles. The molecule has 2 rings (SSSR count). The van der Waals surface area contributed by atoms with Crippen LogP contribution in [0.5, 0.6) is 0 Å². The summed E-state index contributed by atoms with van der Waals surface area (Å²) >= 11 is 0. The number of benzene rings is 2. The Morgan fingerprint density at radius 3 is 1.53 bits per heavy atom. The van der Waals surface area contributed by atoms with Crippen LogP contribution >= 0.6 is 0 Å². The fraction of sp³-hybridized carbons (Fsp3) is 0.250. The lowest BCUT2D eigenvalue weighted by atomic mass is 10.2. The Hall–Kier alpha value is -3.98. The predicted molar refractivity (Wildman–Crippen MR) is 119 cm³/mol. The summed E-state index contributed by atoms with van der Waals surface area (Å²) in [6.07, 6.45) is 0. The molecule has 2 aromatic rings. The second-order valence-electron chi connectivity index (χ2n) is 6.23. The maximum absolute atomic E-state index is 11.8. The van der Waals surface area contributed by atoms with E-state index in [9.17, 15) is 9.59 Å². The Balaban J connectivity index is 1.47. The molecule has 0 aromatic heterocycles. The van der Waals surface area contributed by atoms with Crippen LogP contribution in [0.3, 0.4) is 0 Å². The Morgan fingerprint density at radius 2 is 1.12 bits per heavy atom. The molecule has 166 valence electrons. The largest absolute Gasteiger partial charge is 0.460 e. The third kappa shape index (κ3) is 9.68. The Morgan fingerprint density at radius 1 is 0.688 bits per heavy atom. The van der Waals surface area contributed by atoms with Gasteiger partial charge in [-0.15, -0.1) is 0 Å². The summed E-state index contributed by atoms with van der Waals surface area (Å²) in [5.74, 6) is 9.74. The van der Waals surface area contributed by atoms with Crippen molar-refractivity contribution in [3.05, 3.63) is 59.7 Å². The van der Waals surface area contributed by atoms with Crippen molar-refractivity contribution in [3.63, 3.8) is 0 Å². The molecule has 0 saturated heterocycles. The summed E-state index contributed by atoms with van der Waals surface area (Å²) in [4.78, 5) is 23.6. The summed E-state index contributed by atoms with van der Waals surface area (Å²) in [5.41, 5.74) is 13.0. The highest BCUT2D eigenvalue weighted by molar-refractivity contribution is 5.90. The molecule has 0 heterocycles. The molecule has 0 aliphatic heterocycles. The molecule has 8 heteroatoms. The zero-order valence-electron chi connectivity index (χ0n) is 17.5. The van der Waals surface area contributed by atoms with Crippen LogP contribution in [0.25, 0.3) is 0 Å². The molecule has 8 nitrogen and oxygen atoms in total. The van der Waals surface area contributed by atoms with Crippen molar-refractivity contribution in [1.29, 1.82) is 0 Å². The second kappa shape index (κ2) is 14.1. The number of rotatable bonds is 10. The van der Waals surface area contributed by atoms with E-state index in [1.807, 2.05) is 0 Å². The van der Waals surface area contributed by atoms with Crippen LogP contribution in [0.4, 0.5) is 11.4 Å². The van der Waals surface area contributed by atoms with Crippen molar-refractivity contribution in [3.8, 4) is 23.7 Å². The summed E-state index contributed by atoms with van der Waals surface area (Å²) < 4.78 is 20.6. The quantitative estimate of drug-likeness (QED) is 0.251. The van der Waals surface area contributed by atoms with Crippen LogP contribution in [-0.2, 0) is 18.9 Å². The van der Waals surface area contributed by atoms with Gasteiger partial charge >= 0.3 is 11.9 Å². The molecular weight excluding hydrogens is 412 g/mol. The van der Waals surface area contributed by atoms with E-state index >= 15 is 0 Å². The number of esters is 2. The molecule has 0 unspecified atom stereocenters. The van der Waals surface area contributed by atoms with E-state index in [2.05, 4.69) is 23.7 Å². The third-order valence-electron chi connectivity index (χ3n) is 3.75. The van der Waals surface area contributed by atoms with E-state index in [0.717, 1.165) is 0 Å². The lowest BCUT2D eigenvalue weighted by molar-refractivity contribution is 0.0352. The van der Waals surface area contributed by atoms with Crippen LogP contribution in [-0.4, -0.2) is 51.6 Å². The van der Waals surface area contributed by atoms with Crippen molar-refractivity contribution in [2.24, 2.45) is 0 Å².